The number of benzene rings is 1. The van der Waals surface area contributed by atoms with E-state index in [4.69, 9.17) is 5.73 Å². The maximum absolute atomic E-state index is 11.7. The molecule has 2 aromatic rings. The Kier molecular flexibility index (Phi) is 4.30. The lowest BCUT2D eigenvalue weighted by molar-refractivity contribution is 0.309. The highest BCUT2D eigenvalue weighted by Crippen LogP contribution is 2.02. The van der Waals surface area contributed by atoms with Gasteiger partial charge in [-0.25, -0.2) is 4.98 Å². The highest BCUT2D eigenvalue weighted by atomic mass is 16.1. The van der Waals surface area contributed by atoms with E-state index >= 15 is 0 Å². The maximum Gasteiger partial charge on any atom is 0.276 e. The van der Waals surface area contributed by atoms with Crippen LogP contribution in [-0.4, -0.2) is 28.0 Å². The van der Waals surface area contributed by atoms with Gasteiger partial charge in [0.15, 0.2) is 0 Å². The van der Waals surface area contributed by atoms with Gasteiger partial charge in [0.2, 0.25) is 0 Å². The predicted octanol–water partition coefficient (Wildman–Crippen LogP) is 0.957. The third-order valence-corrected chi connectivity index (χ3v) is 2.95. The summed E-state index contributed by atoms with van der Waals surface area (Å²) in [6, 6.07) is 10.2. The van der Waals surface area contributed by atoms with Crippen molar-refractivity contribution in [3.8, 4) is 0 Å². The van der Waals surface area contributed by atoms with Crippen LogP contribution in [0.1, 0.15) is 5.56 Å². The van der Waals surface area contributed by atoms with Crippen molar-refractivity contribution in [3.05, 3.63) is 58.8 Å². The molecule has 0 unspecified atom stereocenters. The van der Waals surface area contributed by atoms with E-state index in [1.807, 2.05) is 25.2 Å². The van der Waals surface area contributed by atoms with Crippen LogP contribution in [0.4, 0.5) is 5.69 Å². The molecule has 0 bridgehead atoms. The fourth-order valence-electron chi connectivity index (χ4n) is 1.88. The molecule has 100 valence electrons. The molecular formula is C14H18N4O. The molecule has 0 saturated carbocycles. The molecule has 1 aromatic heterocycles. The minimum absolute atomic E-state index is 0.178. The number of nitrogens with two attached hydrogens (primary N) is 1. The standard InChI is InChI=1S/C14H18N4O/c1-17(10-12-5-3-2-4-6-12)7-8-18-11-16-9-13(15)14(18)19/h2-6,9,11H,7-8,10,15H2,1H3. The molecular weight excluding hydrogens is 240 g/mol. The van der Waals surface area contributed by atoms with E-state index in [1.165, 1.54) is 22.7 Å². The monoisotopic (exact) mass is 258 g/mol. The first-order valence-corrected chi connectivity index (χ1v) is 6.19. The fraction of sp³-hybridized carbons (Fsp3) is 0.286. The second-order valence-electron chi connectivity index (χ2n) is 4.57. The largest absolute Gasteiger partial charge is 0.393 e. The van der Waals surface area contributed by atoms with Crippen LogP contribution in [0.5, 0.6) is 0 Å². The normalized spacial score (nSPS) is 10.8. The minimum atomic E-state index is -0.178. The van der Waals surface area contributed by atoms with E-state index < -0.39 is 0 Å². The Morgan fingerprint density at radius 2 is 2.05 bits per heavy atom. The van der Waals surface area contributed by atoms with Gasteiger partial charge >= 0.3 is 0 Å². The van der Waals surface area contributed by atoms with E-state index in [0.29, 0.717) is 6.54 Å². The summed E-state index contributed by atoms with van der Waals surface area (Å²) in [5, 5.41) is 0. The zero-order valence-corrected chi connectivity index (χ0v) is 11.0. The lowest BCUT2D eigenvalue weighted by Gasteiger charge is -2.17. The summed E-state index contributed by atoms with van der Waals surface area (Å²) in [5.41, 5.74) is 6.80. The van der Waals surface area contributed by atoms with Crippen LogP contribution in [0, 0.1) is 0 Å². The molecule has 5 nitrogen and oxygen atoms in total. The van der Waals surface area contributed by atoms with Gasteiger partial charge in [-0.15, -0.1) is 0 Å². The Labute approximate surface area is 112 Å². The third kappa shape index (κ3) is 3.66. The number of nitrogen functional groups attached to an aromatic ring is 1. The number of anilines is 1. The first-order valence-electron chi connectivity index (χ1n) is 6.19. The quantitative estimate of drug-likeness (QED) is 0.867. The molecule has 0 spiro atoms. The SMILES string of the molecule is CN(CCn1cncc(N)c1=O)Cc1ccccc1. The Morgan fingerprint density at radius 3 is 2.79 bits per heavy atom. The van der Waals surface area contributed by atoms with Crippen LogP contribution in [0.2, 0.25) is 0 Å². The van der Waals surface area contributed by atoms with Crippen molar-refractivity contribution in [2.75, 3.05) is 19.3 Å². The average molecular weight is 258 g/mol. The van der Waals surface area contributed by atoms with Gasteiger partial charge in [0.05, 0.1) is 12.5 Å². The Morgan fingerprint density at radius 1 is 1.32 bits per heavy atom. The van der Waals surface area contributed by atoms with Crippen molar-refractivity contribution in [3.63, 3.8) is 0 Å². The van der Waals surface area contributed by atoms with Gasteiger partial charge in [0.1, 0.15) is 5.69 Å². The van der Waals surface area contributed by atoms with Gasteiger partial charge in [0.25, 0.3) is 5.56 Å². The van der Waals surface area contributed by atoms with Crippen LogP contribution in [-0.2, 0) is 13.1 Å². The average Bonchev–Trinajstić information content (AvgIpc) is 2.42. The van der Waals surface area contributed by atoms with Gasteiger partial charge in [-0.2, -0.15) is 0 Å². The number of nitrogens with zero attached hydrogens (tertiary/aromatic N) is 3. The van der Waals surface area contributed by atoms with Gasteiger partial charge < -0.3 is 10.6 Å². The van der Waals surface area contributed by atoms with Gasteiger partial charge in [-0.05, 0) is 12.6 Å². The van der Waals surface area contributed by atoms with Crippen molar-refractivity contribution in [2.24, 2.45) is 0 Å². The molecule has 0 radical (unpaired) electrons. The van der Waals surface area contributed by atoms with E-state index in [2.05, 4.69) is 22.0 Å². The predicted molar refractivity (Wildman–Crippen MR) is 75.7 cm³/mol. The molecule has 5 heteroatoms. The number of rotatable bonds is 5. The van der Waals surface area contributed by atoms with E-state index in [-0.39, 0.29) is 11.2 Å². The van der Waals surface area contributed by atoms with Gasteiger partial charge in [-0.3, -0.25) is 9.36 Å². The van der Waals surface area contributed by atoms with E-state index in [9.17, 15) is 4.79 Å². The first-order chi connectivity index (χ1) is 9.16. The Hall–Kier alpha value is -2.14. The smallest absolute Gasteiger partial charge is 0.276 e. The van der Waals surface area contributed by atoms with Crippen molar-refractivity contribution in [2.45, 2.75) is 13.1 Å². The molecule has 2 rings (SSSR count). The molecule has 2 N–H and O–H groups in total. The second-order valence-corrected chi connectivity index (χ2v) is 4.57. The zero-order chi connectivity index (χ0) is 13.7. The Bertz CT molecular complexity index is 579. The molecule has 1 aromatic carbocycles. The highest BCUT2D eigenvalue weighted by Gasteiger charge is 2.03. The number of hydrogen-bond acceptors (Lipinski definition) is 4. The van der Waals surface area contributed by atoms with Crippen LogP contribution in [0.25, 0.3) is 0 Å². The first kappa shape index (κ1) is 13.3. The second kappa shape index (κ2) is 6.15. The summed E-state index contributed by atoms with van der Waals surface area (Å²) in [5.74, 6) is 0. The molecule has 0 aliphatic carbocycles. The molecule has 0 saturated heterocycles. The van der Waals surface area contributed by atoms with Crippen LogP contribution in [0.15, 0.2) is 47.7 Å². The van der Waals surface area contributed by atoms with Crippen molar-refractivity contribution in [1.29, 1.82) is 0 Å². The summed E-state index contributed by atoms with van der Waals surface area (Å²) in [6.07, 6.45) is 2.90. The lowest BCUT2D eigenvalue weighted by atomic mass is 10.2. The molecule has 19 heavy (non-hydrogen) atoms. The lowest BCUT2D eigenvalue weighted by Crippen LogP contribution is -2.29. The molecule has 0 atom stereocenters. The molecule has 0 aliphatic rings. The summed E-state index contributed by atoms with van der Waals surface area (Å²) < 4.78 is 1.54. The summed E-state index contributed by atoms with van der Waals surface area (Å²) in [7, 11) is 2.03. The summed E-state index contributed by atoms with van der Waals surface area (Å²) in [4.78, 5) is 17.8. The number of hydrogen-bond donors (Lipinski definition) is 1. The van der Waals surface area contributed by atoms with Crippen molar-refractivity contribution in [1.82, 2.24) is 14.5 Å². The van der Waals surface area contributed by atoms with Crippen molar-refractivity contribution >= 4 is 5.69 Å². The zero-order valence-electron chi connectivity index (χ0n) is 11.0. The number of likely N-dealkylation sites (N-methyl/N-ethyl adjacent to an activating group) is 1. The third-order valence-electron chi connectivity index (χ3n) is 2.95. The number of aromatic nitrogens is 2. The molecule has 1 heterocycles. The van der Waals surface area contributed by atoms with E-state index in [1.54, 1.807) is 0 Å². The Balaban J connectivity index is 1.92. The van der Waals surface area contributed by atoms with Crippen molar-refractivity contribution < 1.29 is 0 Å². The molecule has 0 fully saturated rings. The van der Waals surface area contributed by atoms with Gasteiger partial charge in [-0.1, -0.05) is 30.3 Å². The van der Waals surface area contributed by atoms with Crippen LogP contribution >= 0.6 is 0 Å². The van der Waals surface area contributed by atoms with E-state index in [0.717, 1.165) is 13.1 Å². The molecule has 0 amide bonds. The summed E-state index contributed by atoms with van der Waals surface area (Å²) >= 11 is 0. The maximum atomic E-state index is 11.7. The molecule has 0 aliphatic heterocycles. The minimum Gasteiger partial charge on any atom is -0.393 e. The fourth-order valence-corrected chi connectivity index (χ4v) is 1.88. The van der Waals surface area contributed by atoms with Crippen LogP contribution < -0.4 is 11.3 Å². The van der Waals surface area contributed by atoms with Gasteiger partial charge in [0, 0.05) is 19.6 Å². The van der Waals surface area contributed by atoms with Crippen LogP contribution in [0.3, 0.4) is 0 Å². The summed E-state index contributed by atoms with van der Waals surface area (Å²) in [6.45, 7) is 2.20. The topological polar surface area (TPSA) is 64.2 Å². The highest BCUT2D eigenvalue weighted by molar-refractivity contribution is 5.30.